The summed E-state index contributed by atoms with van der Waals surface area (Å²) in [6, 6.07) is 12.5. The quantitative estimate of drug-likeness (QED) is 0.153. The molecule has 3 fully saturated rings. The number of rotatable bonds is 13. The maximum atomic E-state index is 14.2. The van der Waals surface area contributed by atoms with Gasteiger partial charge in [-0.15, -0.1) is 0 Å². The number of hydrogen-bond donors (Lipinski definition) is 3. The molecule has 2 aromatic rings. The summed E-state index contributed by atoms with van der Waals surface area (Å²) in [4.78, 5) is 102. The summed E-state index contributed by atoms with van der Waals surface area (Å²) in [6.45, 7) is 14.2. The molecule has 0 radical (unpaired) electrons. The molecule has 67 heavy (non-hydrogen) atoms. The van der Waals surface area contributed by atoms with E-state index < -0.39 is 59.2 Å². The summed E-state index contributed by atoms with van der Waals surface area (Å²) in [6.07, 6.45) is 3.72. The van der Waals surface area contributed by atoms with Crippen LogP contribution in [0.25, 0.3) is 16.7 Å². The summed E-state index contributed by atoms with van der Waals surface area (Å²) >= 11 is 0. The number of benzene rings is 2. The SMILES string of the molecule is COC(=O)N[C@H](C(=O)N1CC2(CCN(C(=O)OC(C)(C)C)CC2)CC1C(=O)NCC(=O)c1ccc(-c2ccc(C3=CN=C([C@@H]4CCCN4C(=O)[C@@H](NC(=O)OC)C(C)C)C3)cc2)cc1)C(C)C. The molecular formula is C50H67N7O10. The zero-order valence-corrected chi connectivity index (χ0v) is 40.3. The van der Waals surface area contributed by atoms with Gasteiger partial charge in [0.2, 0.25) is 17.7 Å². The fourth-order valence-corrected chi connectivity index (χ4v) is 9.45. The zero-order chi connectivity index (χ0) is 48.8. The van der Waals surface area contributed by atoms with Crippen molar-refractivity contribution < 1.29 is 47.8 Å². The number of aliphatic imine (C=N–C) groups is 1. The molecule has 362 valence electrons. The Morgan fingerprint density at radius 3 is 1.84 bits per heavy atom. The second-order valence-electron chi connectivity index (χ2n) is 19.8. The van der Waals surface area contributed by atoms with Crippen LogP contribution in [-0.2, 0) is 28.6 Å². The zero-order valence-electron chi connectivity index (χ0n) is 40.3. The molecule has 4 heterocycles. The lowest BCUT2D eigenvalue weighted by Gasteiger charge is -2.39. The maximum absolute atomic E-state index is 14.2. The van der Waals surface area contributed by atoms with Crippen LogP contribution in [0.1, 0.15) is 103 Å². The van der Waals surface area contributed by atoms with Crippen molar-refractivity contribution in [1.29, 1.82) is 0 Å². The van der Waals surface area contributed by atoms with Crippen LogP contribution in [0.2, 0.25) is 0 Å². The van der Waals surface area contributed by atoms with Gasteiger partial charge in [-0.1, -0.05) is 76.2 Å². The number of Topliss-reactive ketones (excluding diaryl/α,β-unsaturated/α-hetero) is 1. The van der Waals surface area contributed by atoms with Crippen molar-refractivity contribution in [2.45, 2.75) is 117 Å². The van der Waals surface area contributed by atoms with E-state index in [2.05, 4.69) is 16.0 Å². The Balaban J connectivity index is 1.06. The van der Waals surface area contributed by atoms with Crippen molar-refractivity contribution in [1.82, 2.24) is 30.7 Å². The molecule has 17 nitrogen and oxygen atoms in total. The van der Waals surface area contributed by atoms with E-state index in [1.165, 1.54) is 19.1 Å². The molecule has 0 saturated carbocycles. The second kappa shape index (κ2) is 21.1. The lowest BCUT2D eigenvalue weighted by atomic mass is 9.76. The largest absolute Gasteiger partial charge is 0.453 e. The van der Waals surface area contributed by atoms with E-state index in [0.717, 1.165) is 40.8 Å². The Kier molecular flexibility index (Phi) is 15.8. The third-order valence-electron chi connectivity index (χ3n) is 13.3. The lowest BCUT2D eigenvalue weighted by molar-refractivity contribution is -0.140. The van der Waals surface area contributed by atoms with Gasteiger partial charge < -0.3 is 44.9 Å². The predicted octanol–water partition coefficient (Wildman–Crippen LogP) is 6.21. The number of piperidine rings is 1. The first-order chi connectivity index (χ1) is 31.7. The van der Waals surface area contributed by atoms with Crippen LogP contribution >= 0.6 is 0 Å². The monoisotopic (exact) mass is 925 g/mol. The molecule has 3 N–H and O–H groups in total. The second-order valence-corrected chi connectivity index (χ2v) is 19.8. The van der Waals surface area contributed by atoms with Gasteiger partial charge in [0.05, 0.1) is 26.8 Å². The van der Waals surface area contributed by atoms with Crippen LogP contribution in [0.15, 0.2) is 59.7 Å². The van der Waals surface area contributed by atoms with Gasteiger partial charge in [-0.3, -0.25) is 24.2 Å². The average molecular weight is 926 g/mol. The highest BCUT2D eigenvalue weighted by molar-refractivity contribution is 6.04. The normalized spacial score (nSPS) is 20.0. The van der Waals surface area contributed by atoms with Gasteiger partial charge in [0.15, 0.2) is 5.78 Å². The highest BCUT2D eigenvalue weighted by Crippen LogP contribution is 2.44. The van der Waals surface area contributed by atoms with Crippen LogP contribution in [0.3, 0.4) is 0 Å². The number of allylic oxidation sites excluding steroid dienone is 1. The molecular weight excluding hydrogens is 859 g/mol. The number of hydrogen-bond acceptors (Lipinski definition) is 11. The van der Waals surface area contributed by atoms with Crippen molar-refractivity contribution in [2.24, 2.45) is 22.2 Å². The number of likely N-dealkylation sites (tertiary alicyclic amines) is 3. The summed E-state index contributed by atoms with van der Waals surface area (Å²) in [5.41, 5.74) is 4.11. The van der Waals surface area contributed by atoms with Gasteiger partial charge in [0.1, 0.15) is 23.7 Å². The molecule has 0 bridgehead atoms. The van der Waals surface area contributed by atoms with Crippen molar-refractivity contribution in [3.63, 3.8) is 0 Å². The van der Waals surface area contributed by atoms with Crippen LogP contribution in [0.5, 0.6) is 0 Å². The molecule has 4 aliphatic heterocycles. The maximum Gasteiger partial charge on any atom is 0.410 e. The first kappa shape index (κ1) is 50.2. The highest BCUT2D eigenvalue weighted by atomic mass is 16.6. The minimum Gasteiger partial charge on any atom is -0.453 e. The fraction of sp³-hybridized carbons (Fsp3) is 0.560. The molecule has 2 aromatic carbocycles. The molecule has 3 saturated heterocycles. The summed E-state index contributed by atoms with van der Waals surface area (Å²) in [5, 5.41) is 8.12. The van der Waals surface area contributed by atoms with E-state index in [-0.39, 0.29) is 42.7 Å². The number of alkyl carbamates (subject to hydrolysis) is 2. The van der Waals surface area contributed by atoms with Crippen molar-refractivity contribution in [3.05, 3.63) is 65.9 Å². The number of nitrogens with one attached hydrogen (secondary N) is 3. The Morgan fingerprint density at radius 1 is 0.761 bits per heavy atom. The molecule has 6 amide bonds. The van der Waals surface area contributed by atoms with E-state index in [1.807, 2.05) is 82.1 Å². The number of ether oxygens (including phenoxy) is 3. The topological polar surface area (TPSA) is 205 Å². The first-order valence-electron chi connectivity index (χ1n) is 23.3. The number of ketones is 1. The third-order valence-corrected chi connectivity index (χ3v) is 13.3. The Morgan fingerprint density at radius 2 is 1.30 bits per heavy atom. The molecule has 1 spiro atoms. The van der Waals surface area contributed by atoms with E-state index in [4.69, 9.17) is 19.2 Å². The minimum absolute atomic E-state index is 0.119. The van der Waals surface area contributed by atoms with E-state index in [0.29, 0.717) is 50.9 Å². The Bertz CT molecular complexity index is 2240. The highest BCUT2D eigenvalue weighted by Gasteiger charge is 2.52. The van der Waals surface area contributed by atoms with Gasteiger partial charge in [-0.25, -0.2) is 14.4 Å². The third kappa shape index (κ3) is 12.0. The van der Waals surface area contributed by atoms with Crippen molar-refractivity contribution in [2.75, 3.05) is 46.9 Å². The van der Waals surface area contributed by atoms with Crippen molar-refractivity contribution >= 4 is 53.1 Å². The van der Waals surface area contributed by atoms with Crippen LogP contribution < -0.4 is 16.0 Å². The minimum atomic E-state index is -0.952. The smallest absolute Gasteiger partial charge is 0.410 e. The molecule has 0 aromatic heterocycles. The average Bonchev–Trinajstić information content (AvgIpc) is 4.08. The lowest BCUT2D eigenvalue weighted by Crippen LogP contribution is -2.55. The molecule has 4 aliphatic rings. The van der Waals surface area contributed by atoms with Gasteiger partial charge in [0.25, 0.3) is 0 Å². The summed E-state index contributed by atoms with van der Waals surface area (Å²) in [7, 11) is 2.50. The molecule has 17 heteroatoms. The van der Waals surface area contributed by atoms with Gasteiger partial charge >= 0.3 is 18.3 Å². The Labute approximate surface area is 393 Å². The summed E-state index contributed by atoms with van der Waals surface area (Å²) < 4.78 is 15.1. The van der Waals surface area contributed by atoms with Crippen molar-refractivity contribution in [3.8, 4) is 11.1 Å². The summed E-state index contributed by atoms with van der Waals surface area (Å²) in [5.74, 6) is -1.76. The van der Waals surface area contributed by atoms with E-state index in [9.17, 15) is 33.6 Å². The molecule has 0 aliphatic carbocycles. The Hall–Kier alpha value is -6.26. The van der Waals surface area contributed by atoms with Gasteiger partial charge in [-0.2, -0.15) is 0 Å². The molecule has 4 atom stereocenters. The van der Waals surface area contributed by atoms with E-state index >= 15 is 0 Å². The molecule has 1 unspecified atom stereocenters. The number of methoxy groups -OCH3 is 2. The first-order valence-corrected chi connectivity index (χ1v) is 23.3. The number of amides is 6. The number of carbonyl (C=O) groups is 7. The van der Waals surface area contributed by atoms with Crippen LogP contribution in [0.4, 0.5) is 14.4 Å². The van der Waals surface area contributed by atoms with E-state index in [1.54, 1.807) is 30.9 Å². The number of carbonyl (C=O) groups excluding carboxylic acids is 7. The molecule has 6 rings (SSSR count). The van der Waals surface area contributed by atoms with Gasteiger partial charge in [-0.05, 0) is 92.4 Å². The number of nitrogens with zero attached hydrogens (tertiary/aromatic N) is 4. The van der Waals surface area contributed by atoms with Gasteiger partial charge in [0, 0.05) is 50.1 Å². The standard InChI is InChI=1S/C50H67N7O10/c1-30(2)41(53-46(62)65-8)44(60)56-22-10-11-38(56)37-25-36(27-51-37)34-14-12-32(13-15-34)33-16-18-35(19-17-33)40(58)28-52-43(59)39-26-50(20-23-55(24-21-50)48(64)67-49(5,6)7)29-57(39)45(61)42(31(3)4)54-47(63)66-9/h12-19,27,30-31,38-39,41-42H,10-11,20-26,28-29H2,1-9H3,(H,52,59)(H,53,62)(H,54,63)/t38-,39?,41-,42-/m0/s1. The van der Waals surface area contributed by atoms with Crippen LogP contribution in [0, 0.1) is 17.3 Å². The fourth-order valence-electron chi connectivity index (χ4n) is 9.45. The van der Waals surface area contributed by atoms with Crippen LogP contribution in [-0.4, -0.2) is 139 Å². The predicted molar refractivity (Wildman–Crippen MR) is 252 cm³/mol.